The second-order valence-corrected chi connectivity index (χ2v) is 7.04. The number of hydrogen-bond donors (Lipinski definition) is 4. The fourth-order valence-electron chi connectivity index (χ4n) is 2.19. The maximum absolute atomic E-state index is 12.7. The number of aryl methyl sites for hydroxylation is 1. The molecular weight excluding hydrogens is 292 g/mol. The first kappa shape index (κ1) is 17.9. The normalized spacial score (nSPS) is 12.7. The summed E-state index contributed by atoms with van der Waals surface area (Å²) < 4.78 is 27.8. The Bertz CT molecular complexity index is 588. The quantitative estimate of drug-likeness (QED) is 0.574. The lowest BCUT2D eigenvalue weighted by Gasteiger charge is -2.30. The van der Waals surface area contributed by atoms with E-state index in [1.165, 1.54) is 0 Å². The van der Waals surface area contributed by atoms with E-state index in [9.17, 15) is 18.6 Å². The number of aliphatic hydroxyl groups excluding tert-OH is 2. The lowest BCUT2D eigenvalue weighted by Crippen LogP contribution is -2.53. The average Bonchev–Trinajstić information content (AvgIpc) is 2.43. The van der Waals surface area contributed by atoms with Crippen LogP contribution in [0, 0.1) is 20.8 Å². The standard InChI is InChI=1S/C14H24N2O4S/c1-5-14(7-17,8-18)16-21(19,20)13-10(3)9(2)6-12(15)11(13)4/h6,16-18H,5,7-8,15H2,1-4H3. The van der Waals surface area contributed by atoms with Gasteiger partial charge >= 0.3 is 0 Å². The van der Waals surface area contributed by atoms with Crippen LogP contribution in [0.3, 0.4) is 0 Å². The topological polar surface area (TPSA) is 113 Å². The zero-order valence-electron chi connectivity index (χ0n) is 12.9. The van der Waals surface area contributed by atoms with E-state index in [1.807, 2.05) is 0 Å². The second kappa shape index (κ2) is 6.31. The minimum atomic E-state index is -3.91. The van der Waals surface area contributed by atoms with Gasteiger partial charge in [0.05, 0.1) is 23.6 Å². The van der Waals surface area contributed by atoms with Gasteiger partial charge in [0.15, 0.2) is 0 Å². The molecule has 0 radical (unpaired) electrons. The molecule has 0 atom stereocenters. The molecule has 0 amide bonds. The fraction of sp³-hybridized carbons (Fsp3) is 0.571. The highest BCUT2D eigenvalue weighted by Crippen LogP contribution is 2.29. The third kappa shape index (κ3) is 3.37. The first-order valence-electron chi connectivity index (χ1n) is 6.76. The summed E-state index contributed by atoms with van der Waals surface area (Å²) in [6, 6.07) is 1.73. The largest absolute Gasteiger partial charge is 0.398 e. The molecule has 1 aromatic rings. The van der Waals surface area contributed by atoms with E-state index >= 15 is 0 Å². The predicted octanol–water partition coefficient (Wildman–Crippen LogP) is 0.606. The first-order chi connectivity index (χ1) is 9.64. The van der Waals surface area contributed by atoms with Crippen LogP contribution < -0.4 is 10.5 Å². The third-order valence-electron chi connectivity index (χ3n) is 3.98. The van der Waals surface area contributed by atoms with Crippen molar-refractivity contribution in [1.29, 1.82) is 0 Å². The molecule has 1 aromatic carbocycles. The Morgan fingerprint density at radius 1 is 1.19 bits per heavy atom. The monoisotopic (exact) mass is 316 g/mol. The lowest BCUT2D eigenvalue weighted by molar-refractivity contribution is 0.105. The number of rotatable bonds is 6. The lowest BCUT2D eigenvalue weighted by atomic mass is 10.0. The van der Waals surface area contributed by atoms with Gasteiger partial charge in [0.2, 0.25) is 10.0 Å². The van der Waals surface area contributed by atoms with Crippen molar-refractivity contribution in [3.8, 4) is 0 Å². The summed E-state index contributed by atoms with van der Waals surface area (Å²) in [5.74, 6) is 0. The van der Waals surface area contributed by atoms with Gasteiger partial charge in [-0.25, -0.2) is 13.1 Å². The summed E-state index contributed by atoms with van der Waals surface area (Å²) in [6.45, 7) is 5.86. The van der Waals surface area contributed by atoms with E-state index in [0.717, 1.165) is 5.56 Å². The van der Waals surface area contributed by atoms with E-state index in [2.05, 4.69) is 4.72 Å². The number of nitrogens with two attached hydrogens (primary N) is 1. The van der Waals surface area contributed by atoms with Gasteiger partial charge in [-0.3, -0.25) is 0 Å². The zero-order valence-corrected chi connectivity index (χ0v) is 13.7. The molecule has 0 aliphatic rings. The SMILES string of the molecule is CCC(CO)(CO)NS(=O)(=O)c1c(C)c(C)cc(N)c1C. The molecule has 0 spiro atoms. The van der Waals surface area contributed by atoms with Gasteiger partial charge in [-0.05, 0) is 49.9 Å². The van der Waals surface area contributed by atoms with Crippen LogP contribution in [-0.4, -0.2) is 37.4 Å². The van der Waals surface area contributed by atoms with Gasteiger partial charge in [-0.1, -0.05) is 6.92 Å². The Morgan fingerprint density at radius 3 is 2.14 bits per heavy atom. The van der Waals surface area contributed by atoms with Crippen LogP contribution in [-0.2, 0) is 10.0 Å². The van der Waals surface area contributed by atoms with Crippen LogP contribution in [0.2, 0.25) is 0 Å². The molecular formula is C14H24N2O4S. The number of hydrogen-bond acceptors (Lipinski definition) is 5. The number of aliphatic hydroxyl groups is 2. The highest BCUT2D eigenvalue weighted by molar-refractivity contribution is 7.89. The smallest absolute Gasteiger partial charge is 0.241 e. The molecule has 5 N–H and O–H groups in total. The molecule has 0 aliphatic heterocycles. The van der Waals surface area contributed by atoms with Crippen molar-refractivity contribution in [2.24, 2.45) is 0 Å². The van der Waals surface area contributed by atoms with Gasteiger partial charge in [-0.2, -0.15) is 0 Å². The van der Waals surface area contributed by atoms with E-state index in [-0.39, 0.29) is 11.3 Å². The molecule has 0 saturated heterocycles. The van der Waals surface area contributed by atoms with Gasteiger partial charge in [0.25, 0.3) is 0 Å². The molecule has 0 fully saturated rings. The number of nitrogens with one attached hydrogen (secondary N) is 1. The van der Waals surface area contributed by atoms with Crippen LogP contribution in [0.15, 0.2) is 11.0 Å². The van der Waals surface area contributed by atoms with E-state index in [4.69, 9.17) is 5.73 Å². The zero-order chi connectivity index (χ0) is 16.4. The Labute approximate surface area is 126 Å². The number of nitrogen functional groups attached to an aromatic ring is 1. The third-order valence-corrected chi connectivity index (χ3v) is 5.83. The van der Waals surface area contributed by atoms with Gasteiger partial charge in [0.1, 0.15) is 0 Å². The van der Waals surface area contributed by atoms with E-state index < -0.39 is 28.8 Å². The van der Waals surface area contributed by atoms with E-state index in [0.29, 0.717) is 16.8 Å². The van der Waals surface area contributed by atoms with Gasteiger partial charge < -0.3 is 15.9 Å². The summed E-state index contributed by atoms with van der Waals surface area (Å²) in [7, 11) is -3.91. The predicted molar refractivity (Wildman–Crippen MR) is 82.6 cm³/mol. The summed E-state index contributed by atoms with van der Waals surface area (Å²) in [6.07, 6.45) is 0.263. The summed E-state index contributed by atoms with van der Waals surface area (Å²) in [4.78, 5) is 0.111. The highest BCUT2D eigenvalue weighted by Gasteiger charge is 2.34. The summed E-state index contributed by atoms with van der Waals surface area (Å²) in [5.41, 5.74) is 6.82. The summed E-state index contributed by atoms with van der Waals surface area (Å²) in [5, 5.41) is 18.8. The first-order valence-corrected chi connectivity index (χ1v) is 8.24. The molecule has 0 bridgehead atoms. The van der Waals surface area contributed by atoms with Crippen LogP contribution in [0.1, 0.15) is 30.0 Å². The molecule has 7 heteroatoms. The van der Waals surface area contributed by atoms with Crippen molar-refractivity contribution in [2.45, 2.75) is 44.6 Å². The van der Waals surface area contributed by atoms with Crippen molar-refractivity contribution in [2.75, 3.05) is 18.9 Å². The minimum Gasteiger partial charge on any atom is -0.398 e. The minimum absolute atomic E-state index is 0.111. The molecule has 0 saturated carbocycles. The Hall–Kier alpha value is -1.15. The molecule has 0 aromatic heterocycles. The Kier molecular flexibility index (Phi) is 5.38. The van der Waals surface area contributed by atoms with Crippen molar-refractivity contribution >= 4 is 15.7 Å². The van der Waals surface area contributed by atoms with Crippen LogP contribution in [0.5, 0.6) is 0 Å². The van der Waals surface area contributed by atoms with Gasteiger partial charge in [-0.15, -0.1) is 0 Å². The van der Waals surface area contributed by atoms with Crippen molar-refractivity contribution in [3.05, 3.63) is 22.8 Å². The molecule has 21 heavy (non-hydrogen) atoms. The maximum Gasteiger partial charge on any atom is 0.241 e. The summed E-state index contributed by atoms with van der Waals surface area (Å²) >= 11 is 0. The van der Waals surface area contributed by atoms with E-state index in [1.54, 1.807) is 33.8 Å². The average molecular weight is 316 g/mol. The van der Waals surface area contributed by atoms with Crippen molar-refractivity contribution < 1.29 is 18.6 Å². The van der Waals surface area contributed by atoms with Crippen LogP contribution in [0.25, 0.3) is 0 Å². The van der Waals surface area contributed by atoms with Crippen LogP contribution in [0.4, 0.5) is 5.69 Å². The van der Waals surface area contributed by atoms with Gasteiger partial charge in [0, 0.05) is 5.69 Å². The number of benzene rings is 1. The van der Waals surface area contributed by atoms with Crippen molar-refractivity contribution in [3.63, 3.8) is 0 Å². The molecule has 0 heterocycles. The number of anilines is 1. The molecule has 6 nitrogen and oxygen atoms in total. The van der Waals surface area contributed by atoms with Crippen LogP contribution >= 0.6 is 0 Å². The molecule has 0 aliphatic carbocycles. The Morgan fingerprint density at radius 2 is 1.71 bits per heavy atom. The second-order valence-electron chi connectivity index (χ2n) is 5.42. The Balaban J connectivity index is 3.46. The fourth-order valence-corrected chi connectivity index (χ4v) is 4.22. The number of sulfonamides is 1. The highest BCUT2D eigenvalue weighted by atomic mass is 32.2. The molecule has 0 unspecified atom stereocenters. The molecule has 120 valence electrons. The maximum atomic E-state index is 12.7. The van der Waals surface area contributed by atoms with Crippen molar-refractivity contribution in [1.82, 2.24) is 4.72 Å². The molecule has 1 rings (SSSR count).